The third-order valence-electron chi connectivity index (χ3n) is 3.46. The molecule has 0 bridgehead atoms. The third-order valence-corrected chi connectivity index (χ3v) is 4.58. The van der Waals surface area contributed by atoms with Gasteiger partial charge in [0.15, 0.2) is 0 Å². The van der Waals surface area contributed by atoms with Crippen LogP contribution in [0.3, 0.4) is 0 Å². The summed E-state index contributed by atoms with van der Waals surface area (Å²) < 4.78 is 0. The molecule has 1 aliphatic heterocycles. The van der Waals surface area contributed by atoms with Crippen molar-refractivity contribution in [3.05, 3.63) is 59.7 Å². The Morgan fingerprint density at radius 3 is 2.71 bits per heavy atom. The van der Waals surface area contributed by atoms with E-state index in [1.165, 1.54) is 0 Å². The summed E-state index contributed by atoms with van der Waals surface area (Å²) in [5.74, 6) is -0.380. The molecule has 0 spiro atoms. The minimum Gasteiger partial charge on any atom is -0.478 e. The van der Waals surface area contributed by atoms with Crippen molar-refractivity contribution in [1.82, 2.24) is 0 Å². The Morgan fingerprint density at radius 2 is 2.00 bits per heavy atom. The van der Waals surface area contributed by atoms with Gasteiger partial charge in [-0.1, -0.05) is 30.3 Å². The van der Waals surface area contributed by atoms with E-state index in [0.29, 0.717) is 12.3 Å². The predicted octanol–water partition coefficient (Wildman–Crippen LogP) is 2.82. The zero-order chi connectivity index (χ0) is 14.8. The van der Waals surface area contributed by atoms with Crippen molar-refractivity contribution >= 4 is 23.4 Å². The topological polar surface area (TPSA) is 60.8 Å². The number of carboxylic acid groups (broad SMARTS) is 1. The van der Waals surface area contributed by atoms with Crippen LogP contribution in [0.5, 0.6) is 0 Å². The number of fused-ring (bicyclic) bond motifs is 1. The molecule has 2 aromatic carbocycles. The van der Waals surface area contributed by atoms with Crippen LogP contribution in [-0.2, 0) is 6.54 Å². The van der Waals surface area contributed by atoms with Gasteiger partial charge in [-0.2, -0.15) is 0 Å². The number of carbonyl (C=O) groups is 1. The highest BCUT2D eigenvalue weighted by Gasteiger charge is 2.26. The molecular weight excluding hydrogens is 286 g/mol. The summed E-state index contributed by atoms with van der Waals surface area (Å²) in [7, 11) is 0. The van der Waals surface area contributed by atoms with E-state index in [0.717, 1.165) is 16.1 Å². The molecule has 3 rings (SSSR count). The Morgan fingerprint density at radius 1 is 1.24 bits per heavy atom. The molecule has 0 saturated heterocycles. The number of anilines is 1. The van der Waals surface area contributed by atoms with E-state index in [4.69, 9.17) is 5.11 Å². The summed E-state index contributed by atoms with van der Waals surface area (Å²) in [5, 5.41) is 19.4. The van der Waals surface area contributed by atoms with Crippen molar-refractivity contribution in [3.8, 4) is 0 Å². The van der Waals surface area contributed by atoms with Gasteiger partial charge < -0.3 is 15.1 Å². The highest BCUT2D eigenvalue weighted by Crippen LogP contribution is 2.38. The van der Waals surface area contributed by atoms with Gasteiger partial charge in [0.1, 0.15) is 6.23 Å². The number of benzene rings is 2. The number of aliphatic hydroxyl groups is 1. The molecule has 1 heterocycles. The van der Waals surface area contributed by atoms with Crippen molar-refractivity contribution < 1.29 is 15.0 Å². The Kier molecular flexibility index (Phi) is 3.86. The van der Waals surface area contributed by atoms with Gasteiger partial charge in [-0.15, -0.1) is 11.8 Å². The average molecular weight is 301 g/mol. The number of aromatic carboxylic acids is 1. The van der Waals surface area contributed by atoms with Gasteiger partial charge in [-0.3, -0.25) is 0 Å². The molecule has 0 aromatic heterocycles. The van der Waals surface area contributed by atoms with Crippen LogP contribution in [0.15, 0.2) is 53.4 Å². The second-order valence-corrected chi connectivity index (χ2v) is 5.95. The summed E-state index contributed by atoms with van der Waals surface area (Å²) in [5.41, 5.74) is 2.10. The molecule has 1 atom stereocenters. The summed E-state index contributed by atoms with van der Waals surface area (Å²) in [6, 6.07) is 14.9. The van der Waals surface area contributed by atoms with Crippen LogP contribution in [0.2, 0.25) is 0 Å². The van der Waals surface area contributed by atoms with Crippen LogP contribution in [0.1, 0.15) is 15.9 Å². The first-order chi connectivity index (χ1) is 10.1. The van der Waals surface area contributed by atoms with Crippen molar-refractivity contribution in [2.24, 2.45) is 0 Å². The quantitative estimate of drug-likeness (QED) is 0.913. The lowest BCUT2D eigenvalue weighted by atomic mass is 10.1. The normalized spacial score (nSPS) is 17.4. The van der Waals surface area contributed by atoms with E-state index in [2.05, 4.69) is 0 Å². The lowest BCUT2D eigenvalue weighted by Crippen LogP contribution is -2.39. The van der Waals surface area contributed by atoms with Crippen molar-refractivity contribution in [1.29, 1.82) is 0 Å². The largest absolute Gasteiger partial charge is 0.478 e. The monoisotopic (exact) mass is 301 g/mol. The number of aliphatic hydroxyl groups excluding tert-OH is 1. The number of hydrogen-bond acceptors (Lipinski definition) is 4. The first-order valence-corrected chi connectivity index (χ1v) is 7.62. The summed E-state index contributed by atoms with van der Waals surface area (Å²) in [6.45, 7) is 0.554. The highest BCUT2D eigenvalue weighted by atomic mass is 32.2. The molecule has 0 radical (unpaired) electrons. The van der Waals surface area contributed by atoms with Crippen molar-refractivity contribution in [2.45, 2.75) is 17.7 Å². The number of thioether (sulfide) groups is 1. The van der Waals surface area contributed by atoms with Crippen molar-refractivity contribution in [2.75, 3.05) is 10.7 Å². The maximum absolute atomic E-state index is 11.1. The van der Waals surface area contributed by atoms with E-state index in [1.807, 2.05) is 41.3 Å². The molecule has 4 nitrogen and oxygen atoms in total. The summed E-state index contributed by atoms with van der Waals surface area (Å²) >= 11 is 1.55. The summed E-state index contributed by atoms with van der Waals surface area (Å²) in [6.07, 6.45) is -0.619. The van der Waals surface area contributed by atoms with E-state index in [1.54, 1.807) is 23.9 Å². The summed E-state index contributed by atoms with van der Waals surface area (Å²) in [4.78, 5) is 14.0. The van der Waals surface area contributed by atoms with Gasteiger partial charge in [0.05, 0.1) is 11.3 Å². The van der Waals surface area contributed by atoms with Gasteiger partial charge in [0, 0.05) is 17.2 Å². The number of carboxylic acids is 1. The zero-order valence-electron chi connectivity index (χ0n) is 11.3. The molecule has 21 heavy (non-hydrogen) atoms. The highest BCUT2D eigenvalue weighted by molar-refractivity contribution is 7.99. The minimum atomic E-state index is -0.956. The minimum absolute atomic E-state index is 0.238. The molecule has 0 aliphatic carbocycles. The van der Waals surface area contributed by atoms with E-state index >= 15 is 0 Å². The SMILES string of the molecule is O=C(O)c1ccc2c(c1)N(Cc1ccccc1)C(O)CS2. The van der Waals surface area contributed by atoms with Gasteiger partial charge >= 0.3 is 5.97 Å². The van der Waals surface area contributed by atoms with E-state index in [9.17, 15) is 9.90 Å². The third kappa shape index (κ3) is 2.89. The van der Waals surface area contributed by atoms with Gasteiger partial charge in [-0.25, -0.2) is 4.79 Å². The Hall–Kier alpha value is -1.98. The first kappa shape index (κ1) is 14.0. The fourth-order valence-electron chi connectivity index (χ4n) is 2.38. The Balaban J connectivity index is 1.97. The molecule has 1 aliphatic rings. The van der Waals surface area contributed by atoms with Crippen molar-refractivity contribution in [3.63, 3.8) is 0 Å². The van der Waals surface area contributed by atoms with Gasteiger partial charge in [-0.05, 0) is 23.8 Å². The van der Waals surface area contributed by atoms with E-state index < -0.39 is 12.2 Å². The standard InChI is InChI=1S/C16H15NO3S/c18-15-10-21-14-7-6-12(16(19)20)8-13(14)17(15)9-11-4-2-1-3-5-11/h1-8,15,18H,9-10H2,(H,19,20). The average Bonchev–Trinajstić information content (AvgIpc) is 2.50. The Labute approximate surface area is 127 Å². The zero-order valence-corrected chi connectivity index (χ0v) is 12.1. The van der Waals surface area contributed by atoms with Crippen LogP contribution in [0.25, 0.3) is 0 Å². The number of rotatable bonds is 3. The van der Waals surface area contributed by atoms with Crippen LogP contribution in [-0.4, -0.2) is 28.2 Å². The predicted molar refractivity (Wildman–Crippen MR) is 82.8 cm³/mol. The first-order valence-electron chi connectivity index (χ1n) is 6.64. The molecule has 5 heteroatoms. The number of nitrogens with zero attached hydrogens (tertiary/aromatic N) is 1. The lowest BCUT2D eigenvalue weighted by Gasteiger charge is -2.35. The number of hydrogen-bond donors (Lipinski definition) is 2. The van der Waals surface area contributed by atoms with Crippen LogP contribution >= 0.6 is 11.8 Å². The Bertz CT molecular complexity index is 660. The van der Waals surface area contributed by atoms with Crippen LogP contribution in [0, 0.1) is 0 Å². The molecule has 0 fully saturated rings. The van der Waals surface area contributed by atoms with Gasteiger partial charge in [0.2, 0.25) is 0 Å². The fraction of sp³-hybridized carbons (Fsp3) is 0.188. The molecule has 108 valence electrons. The van der Waals surface area contributed by atoms with E-state index in [-0.39, 0.29) is 5.56 Å². The molecule has 1 unspecified atom stereocenters. The maximum Gasteiger partial charge on any atom is 0.335 e. The molecule has 0 saturated carbocycles. The molecular formula is C16H15NO3S. The molecule has 2 aromatic rings. The second-order valence-electron chi connectivity index (χ2n) is 4.89. The molecule has 0 amide bonds. The lowest BCUT2D eigenvalue weighted by molar-refractivity contribution is 0.0696. The van der Waals surface area contributed by atoms with Gasteiger partial charge in [0.25, 0.3) is 0 Å². The smallest absolute Gasteiger partial charge is 0.335 e. The maximum atomic E-state index is 11.1. The second kappa shape index (κ2) is 5.79. The van der Waals surface area contributed by atoms with Crippen LogP contribution in [0.4, 0.5) is 5.69 Å². The fourth-order valence-corrected chi connectivity index (χ4v) is 3.38. The molecule has 2 N–H and O–H groups in total. The van der Waals surface area contributed by atoms with Crippen LogP contribution < -0.4 is 4.90 Å².